The van der Waals surface area contributed by atoms with Crippen molar-refractivity contribution in [3.63, 3.8) is 0 Å². The highest BCUT2D eigenvalue weighted by Gasteiger charge is 2.25. The smallest absolute Gasteiger partial charge is 0.0821 e. The molecule has 2 rings (SSSR count). The van der Waals surface area contributed by atoms with Crippen LogP contribution in [0.2, 0.25) is 10.0 Å². The van der Waals surface area contributed by atoms with Crippen LogP contribution in [0.15, 0.2) is 18.2 Å². The van der Waals surface area contributed by atoms with E-state index < -0.39 is 0 Å². The highest BCUT2D eigenvalue weighted by molar-refractivity contribution is 7.99. The summed E-state index contributed by atoms with van der Waals surface area (Å²) in [6.07, 6.45) is 2.21. The van der Waals surface area contributed by atoms with Crippen LogP contribution in [0.3, 0.4) is 0 Å². The van der Waals surface area contributed by atoms with Crippen molar-refractivity contribution in [2.45, 2.75) is 31.9 Å². The molecular formula is C15H21Cl2NOS. The second-order valence-electron chi connectivity index (χ2n) is 4.96. The molecule has 2 unspecified atom stereocenters. The van der Waals surface area contributed by atoms with Gasteiger partial charge in [-0.3, -0.25) is 0 Å². The van der Waals surface area contributed by atoms with Crippen LogP contribution < -0.4 is 5.32 Å². The zero-order valence-corrected chi connectivity index (χ0v) is 14.0. The predicted octanol–water partition coefficient (Wildman–Crippen LogP) is 4.04. The lowest BCUT2D eigenvalue weighted by Gasteiger charge is -2.31. The van der Waals surface area contributed by atoms with Crippen LogP contribution in [0.1, 0.15) is 18.9 Å². The lowest BCUT2D eigenvalue weighted by atomic mass is 10.0. The number of thioether (sulfide) groups is 1. The van der Waals surface area contributed by atoms with Crippen molar-refractivity contribution in [3.8, 4) is 0 Å². The molecule has 0 radical (unpaired) electrons. The van der Waals surface area contributed by atoms with Gasteiger partial charge in [0.05, 0.1) is 22.8 Å². The average molecular weight is 334 g/mol. The minimum atomic E-state index is 0.246. The monoisotopic (exact) mass is 333 g/mol. The Labute approximate surface area is 135 Å². The highest BCUT2D eigenvalue weighted by atomic mass is 35.5. The van der Waals surface area contributed by atoms with Gasteiger partial charge in [-0.25, -0.2) is 0 Å². The summed E-state index contributed by atoms with van der Waals surface area (Å²) in [5, 5.41) is 4.88. The molecule has 1 aliphatic rings. The fourth-order valence-electron chi connectivity index (χ4n) is 2.35. The van der Waals surface area contributed by atoms with E-state index in [4.69, 9.17) is 27.9 Å². The molecular weight excluding hydrogens is 313 g/mol. The van der Waals surface area contributed by atoms with Crippen molar-refractivity contribution < 1.29 is 4.74 Å². The number of benzene rings is 1. The van der Waals surface area contributed by atoms with Gasteiger partial charge in [0.1, 0.15) is 0 Å². The maximum Gasteiger partial charge on any atom is 0.0821 e. The van der Waals surface area contributed by atoms with Crippen molar-refractivity contribution in [1.29, 1.82) is 0 Å². The molecule has 1 heterocycles. The van der Waals surface area contributed by atoms with Gasteiger partial charge in [0, 0.05) is 17.5 Å². The number of nitrogens with one attached hydrogen (secondary N) is 1. The fourth-order valence-corrected chi connectivity index (χ4v) is 3.68. The minimum Gasteiger partial charge on any atom is -0.375 e. The van der Waals surface area contributed by atoms with E-state index in [1.807, 2.05) is 30.0 Å². The van der Waals surface area contributed by atoms with Crippen molar-refractivity contribution in [2.24, 2.45) is 0 Å². The number of rotatable bonds is 6. The van der Waals surface area contributed by atoms with Gasteiger partial charge in [-0.15, -0.1) is 0 Å². The van der Waals surface area contributed by atoms with E-state index in [0.717, 1.165) is 43.1 Å². The zero-order valence-electron chi connectivity index (χ0n) is 11.7. The minimum absolute atomic E-state index is 0.246. The summed E-state index contributed by atoms with van der Waals surface area (Å²) >= 11 is 14.4. The molecule has 1 aromatic rings. The van der Waals surface area contributed by atoms with Crippen LogP contribution in [0.4, 0.5) is 0 Å². The van der Waals surface area contributed by atoms with E-state index in [0.29, 0.717) is 16.1 Å². The quantitative estimate of drug-likeness (QED) is 0.848. The van der Waals surface area contributed by atoms with Gasteiger partial charge in [-0.05, 0) is 31.0 Å². The van der Waals surface area contributed by atoms with E-state index >= 15 is 0 Å². The lowest BCUT2D eigenvalue weighted by molar-refractivity contribution is 0.0472. The first-order valence-electron chi connectivity index (χ1n) is 7.08. The van der Waals surface area contributed by atoms with Gasteiger partial charge in [-0.2, -0.15) is 11.8 Å². The molecule has 1 N–H and O–H groups in total. The predicted molar refractivity (Wildman–Crippen MR) is 89.3 cm³/mol. The summed E-state index contributed by atoms with van der Waals surface area (Å²) in [7, 11) is 0. The summed E-state index contributed by atoms with van der Waals surface area (Å²) in [6.45, 7) is 4.00. The summed E-state index contributed by atoms with van der Waals surface area (Å²) in [4.78, 5) is 0. The first-order valence-corrected chi connectivity index (χ1v) is 8.99. The first kappa shape index (κ1) is 16.4. The largest absolute Gasteiger partial charge is 0.375 e. The van der Waals surface area contributed by atoms with Crippen LogP contribution in [0.5, 0.6) is 0 Å². The number of hydrogen-bond acceptors (Lipinski definition) is 3. The van der Waals surface area contributed by atoms with Gasteiger partial charge >= 0.3 is 0 Å². The second kappa shape index (κ2) is 8.50. The molecule has 20 heavy (non-hydrogen) atoms. The Morgan fingerprint density at radius 2 is 2.30 bits per heavy atom. The van der Waals surface area contributed by atoms with Crippen LogP contribution in [-0.2, 0) is 11.2 Å². The summed E-state index contributed by atoms with van der Waals surface area (Å²) < 4.78 is 5.92. The third kappa shape index (κ3) is 4.54. The fraction of sp³-hybridized carbons (Fsp3) is 0.600. The topological polar surface area (TPSA) is 21.3 Å². The standard InChI is InChI=1S/C15H21Cl2NOS/c1-2-6-18-13(14-10-20-8-7-19-14)9-11-4-3-5-12(16)15(11)17/h3-5,13-14,18H,2,6-10H2,1H3. The Kier molecular flexibility index (Phi) is 6.99. The lowest BCUT2D eigenvalue weighted by Crippen LogP contribution is -2.46. The van der Waals surface area contributed by atoms with Gasteiger partial charge in [-0.1, -0.05) is 42.3 Å². The van der Waals surface area contributed by atoms with Crippen molar-refractivity contribution >= 4 is 35.0 Å². The maximum atomic E-state index is 6.30. The van der Waals surface area contributed by atoms with Crippen LogP contribution >= 0.6 is 35.0 Å². The Balaban J connectivity index is 2.07. The summed E-state index contributed by atoms with van der Waals surface area (Å²) in [6, 6.07) is 6.12. The molecule has 1 fully saturated rings. The van der Waals surface area contributed by atoms with Gasteiger partial charge in [0.2, 0.25) is 0 Å². The van der Waals surface area contributed by atoms with Crippen LogP contribution in [0, 0.1) is 0 Å². The molecule has 0 amide bonds. The number of halogens is 2. The van der Waals surface area contributed by atoms with E-state index in [9.17, 15) is 0 Å². The zero-order chi connectivity index (χ0) is 14.4. The SMILES string of the molecule is CCCNC(Cc1cccc(Cl)c1Cl)C1CSCCO1. The van der Waals surface area contributed by atoms with E-state index in [2.05, 4.69) is 12.2 Å². The second-order valence-corrected chi connectivity index (χ2v) is 6.90. The molecule has 112 valence electrons. The first-order chi connectivity index (χ1) is 9.72. The third-order valence-corrected chi connectivity index (χ3v) is 5.30. The Morgan fingerprint density at radius 1 is 1.45 bits per heavy atom. The van der Waals surface area contributed by atoms with Crippen molar-refractivity contribution in [3.05, 3.63) is 33.8 Å². The molecule has 0 aromatic heterocycles. The molecule has 1 saturated heterocycles. The molecule has 0 spiro atoms. The van der Waals surface area contributed by atoms with Gasteiger partial charge < -0.3 is 10.1 Å². The molecule has 0 bridgehead atoms. The number of hydrogen-bond donors (Lipinski definition) is 1. The molecule has 0 saturated carbocycles. The normalized spacial score (nSPS) is 20.9. The highest BCUT2D eigenvalue weighted by Crippen LogP contribution is 2.28. The molecule has 1 aromatic carbocycles. The van der Waals surface area contributed by atoms with Crippen molar-refractivity contribution in [1.82, 2.24) is 5.32 Å². The molecule has 5 heteroatoms. The maximum absolute atomic E-state index is 6.30. The van der Waals surface area contributed by atoms with E-state index in [-0.39, 0.29) is 6.10 Å². The van der Waals surface area contributed by atoms with E-state index in [1.54, 1.807) is 0 Å². The Morgan fingerprint density at radius 3 is 3.00 bits per heavy atom. The molecule has 2 nitrogen and oxygen atoms in total. The Hall–Kier alpha value is 0.0700. The van der Waals surface area contributed by atoms with Gasteiger partial charge in [0.25, 0.3) is 0 Å². The van der Waals surface area contributed by atoms with Gasteiger partial charge in [0.15, 0.2) is 0 Å². The van der Waals surface area contributed by atoms with Crippen molar-refractivity contribution in [2.75, 3.05) is 24.7 Å². The van der Waals surface area contributed by atoms with Crippen LogP contribution in [0.25, 0.3) is 0 Å². The summed E-state index contributed by atoms with van der Waals surface area (Å²) in [5.74, 6) is 2.13. The third-order valence-electron chi connectivity index (χ3n) is 3.42. The molecule has 0 aliphatic carbocycles. The number of ether oxygens (including phenoxy) is 1. The molecule has 1 aliphatic heterocycles. The average Bonchev–Trinajstić information content (AvgIpc) is 2.48. The van der Waals surface area contributed by atoms with E-state index in [1.165, 1.54) is 0 Å². The van der Waals surface area contributed by atoms with Crippen LogP contribution in [-0.4, -0.2) is 36.8 Å². The molecule has 2 atom stereocenters. The Bertz CT molecular complexity index is 424. The summed E-state index contributed by atoms with van der Waals surface area (Å²) in [5.41, 5.74) is 1.09.